The molecule has 0 aliphatic carbocycles. The summed E-state index contributed by atoms with van der Waals surface area (Å²) < 4.78 is 49.8. The number of nitro benzene ring substituents is 1. The minimum Gasteiger partial charge on any atom is -0.493 e. The summed E-state index contributed by atoms with van der Waals surface area (Å²) in [4.78, 5) is 27.5. The Hall–Kier alpha value is -4.03. The van der Waals surface area contributed by atoms with Crippen LogP contribution in [0.4, 0.5) is 24.5 Å². The molecule has 1 aliphatic heterocycles. The quantitative estimate of drug-likeness (QED) is 0.202. The molecule has 0 atom stereocenters. The van der Waals surface area contributed by atoms with Crippen molar-refractivity contribution in [2.45, 2.75) is 6.18 Å². The standard InChI is InChI=1S/C24H15ClF3N3O5S/c1-35-19-10-13(11-20-22(32)30-23(37-20)29-15-5-3-2-4-6-15)9-16(25)21(19)36-18-8-7-14(24(26,27)28)12-17(18)31(33)34/h2-12H,1H3,(H,29,30,32)/b20-11-. The molecule has 1 N–H and O–H groups in total. The van der Waals surface area contributed by atoms with Gasteiger partial charge in [-0.05, 0) is 59.8 Å². The van der Waals surface area contributed by atoms with Gasteiger partial charge in [-0.1, -0.05) is 29.8 Å². The highest BCUT2D eigenvalue weighted by molar-refractivity contribution is 8.18. The van der Waals surface area contributed by atoms with Gasteiger partial charge in [-0.3, -0.25) is 14.9 Å². The van der Waals surface area contributed by atoms with E-state index in [1.165, 1.54) is 25.3 Å². The summed E-state index contributed by atoms with van der Waals surface area (Å²) in [5.41, 5.74) is -0.998. The second kappa shape index (κ2) is 10.5. The van der Waals surface area contributed by atoms with Crippen molar-refractivity contribution in [3.05, 3.63) is 91.8 Å². The van der Waals surface area contributed by atoms with Crippen LogP contribution in [0.2, 0.25) is 5.02 Å². The second-order valence-electron chi connectivity index (χ2n) is 7.39. The molecule has 0 saturated carbocycles. The van der Waals surface area contributed by atoms with Gasteiger partial charge in [0.05, 0.1) is 33.2 Å². The number of carbonyl (C=O) groups excluding carboxylic acids is 1. The van der Waals surface area contributed by atoms with Gasteiger partial charge in [0, 0.05) is 6.07 Å². The van der Waals surface area contributed by atoms with Crippen molar-refractivity contribution in [3.63, 3.8) is 0 Å². The number of nitro groups is 1. The van der Waals surface area contributed by atoms with Crippen molar-refractivity contribution >= 4 is 51.9 Å². The van der Waals surface area contributed by atoms with Crippen LogP contribution in [0.25, 0.3) is 6.08 Å². The number of nitrogens with one attached hydrogen (secondary N) is 1. The maximum atomic E-state index is 13.0. The topological polar surface area (TPSA) is 103 Å². The van der Waals surface area contributed by atoms with Gasteiger partial charge in [-0.2, -0.15) is 13.2 Å². The van der Waals surface area contributed by atoms with Crippen LogP contribution >= 0.6 is 23.4 Å². The fourth-order valence-electron chi connectivity index (χ4n) is 3.21. The van der Waals surface area contributed by atoms with Crippen LogP contribution in [0.5, 0.6) is 17.2 Å². The Morgan fingerprint density at radius 2 is 1.84 bits per heavy atom. The zero-order valence-electron chi connectivity index (χ0n) is 18.7. The zero-order chi connectivity index (χ0) is 26.7. The first-order valence-electron chi connectivity index (χ1n) is 10.3. The SMILES string of the molecule is COc1cc(/C=C2\SC(=Nc3ccccc3)NC2=O)cc(Cl)c1Oc1ccc(C(F)(F)F)cc1[N+](=O)[O-]. The van der Waals surface area contributed by atoms with E-state index >= 15 is 0 Å². The molecule has 1 amide bonds. The molecule has 13 heteroatoms. The van der Waals surface area contributed by atoms with Crippen LogP contribution in [0, 0.1) is 10.1 Å². The maximum absolute atomic E-state index is 13.0. The highest BCUT2D eigenvalue weighted by atomic mass is 35.5. The largest absolute Gasteiger partial charge is 0.493 e. The fraction of sp³-hybridized carbons (Fsp3) is 0.0833. The molecular weight excluding hydrogens is 535 g/mol. The highest BCUT2D eigenvalue weighted by Crippen LogP contribution is 2.44. The number of thioether (sulfide) groups is 1. The number of rotatable bonds is 6. The molecule has 0 spiro atoms. The van der Waals surface area contributed by atoms with Crippen LogP contribution in [0.1, 0.15) is 11.1 Å². The molecule has 1 saturated heterocycles. The molecule has 0 radical (unpaired) electrons. The van der Waals surface area contributed by atoms with Crippen molar-refractivity contribution < 1.29 is 32.4 Å². The van der Waals surface area contributed by atoms with Gasteiger partial charge in [0.1, 0.15) is 0 Å². The molecule has 1 heterocycles. The number of ether oxygens (including phenoxy) is 2. The van der Waals surface area contributed by atoms with Gasteiger partial charge in [0.15, 0.2) is 16.7 Å². The Kier molecular flexibility index (Phi) is 7.41. The minimum absolute atomic E-state index is 0.0372. The van der Waals surface area contributed by atoms with E-state index in [4.69, 9.17) is 21.1 Å². The molecule has 0 aromatic heterocycles. The Morgan fingerprint density at radius 1 is 1.11 bits per heavy atom. The second-order valence-corrected chi connectivity index (χ2v) is 8.83. The van der Waals surface area contributed by atoms with Crippen LogP contribution < -0.4 is 14.8 Å². The van der Waals surface area contributed by atoms with Gasteiger partial charge < -0.3 is 14.8 Å². The summed E-state index contributed by atoms with van der Waals surface area (Å²) in [6.07, 6.45) is -3.24. The molecule has 0 unspecified atom stereocenters. The third-order valence-corrected chi connectivity index (χ3v) is 6.07. The number of para-hydroxylation sites is 1. The monoisotopic (exact) mass is 549 g/mol. The van der Waals surface area contributed by atoms with Crippen LogP contribution in [-0.2, 0) is 11.0 Å². The van der Waals surface area contributed by atoms with Crippen molar-refractivity contribution in [2.75, 3.05) is 7.11 Å². The third kappa shape index (κ3) is 6.04. The summed E-state index contributed by atoms with van der Waals surface area (Å²) in [6.45, 7) is 0. The van der Waals surface area contributed by atoms with E-state index in [0.717, 1.165) is 17.8 Å². The van der Waals surface area contributed by atoms with Crippen molar-refractivity contribution in [1.82, 2.24) is 5.32 Å². The Labute approximate surface area is 216 Å². The van der Waals surface area contributed by atoms with Crippen molar-refractivity contribution in [1.29, 1.82) is 0 Å². The lowest BCUT2D eigenvalue weighted by Crippen LogP contribution is -2.19. The van der Waals surface area contributed by atoms with Crippen molar-refractivity contribution in [3.8, 4) is 17.2 Å². The molecule has 3 aromatic rings. The van der Waals surface area contributed by atoms with E-state index in [0.29, 0.717) is 33.5 Å². The molecule has 1 aliphatic rings. The average Bonchev–Trinajstić information content (AvgIpc) is 3.18. The summed E-state index contributed by atoms with van der Waals surface area (Å²) >= 11 is 7.45. The van der Waals surface area contributed by atoms with E-state index in [-0.39, 0.29) is 22.4 Å². The van der Waals surface area contributed by atoms with E-state index < -0.39 is 28.1 Å². The van der Waals surface area contributed by atoms with E-state index in [9.17, 15) is 28.1 Å². The number of aliphatic imine (C=N–C) groups is 1. The van der Waals surface area contributed by atoms with E-state index in [1.807, 2.05) is 18.2 Å². The predicted octanol–water partition coefficient (Wildman–Crippen LogP) is 6.96. The summed E-state index contributed by atoms with van der Waals surface area (Å²) in [7, 11) is 1.29. The lowest BCUT2D eigenvalue weighted by molar-refractivity contribution is -0.385. The first-order valence-corrected chi connectivity index (χ1v) is 11.5. The predicted molar refractivity (Wildman–Crippen MR) is 133 cm³/mol. The third-order valence-electron chi connectivity index (χ3n) is 4.88. The molecule has 190 valence electrons. The number of hydrogen-bond donors (Lipinski definition) is 1. The number of nitrogens with zero attached hydrogens (tertiary/aromatic N) is 2. The molecule has 8 nitrogen and oxygen atoms in total. The van der Waals surface area contributed by atoms with E-state index in [1.54, 1.807) is 12.1 Å². The minimum atomic E-state index is -4.77. The molecular formula is C24H15ClF3N3O5S. The molecule has 0 bridgehead atoms. The normalized spacial score (nSPS) is 15.6. The highest BCUT2D eigenvalue weighted by Gasteiger charge is 2.34. The lowest BCUT2D eigenvalue weighted by Gasteiger charge is -2.14. The smallest absolute Gasteiger partial charge is 0.416 e. The van der Waals surface area contributed by atoms with Crippen molar-refractivity contribution in [2.24, 2.45) is 4.99 Å². The number of halogens is 4. The van der Waals surface area contributed by atoms with Crippen LogP contribution in [0.3, 0.4) is 0 Å². The molecule has 37 heavy (non-hydrogen) atoms. The first kappa shape index (κ1) is 26.0. The lowest BCUT2D eigenvalue weighted by atomic mass is 10.1. The van der Waals surface area contributed by atoms with Gasteiger partial charge in [0.2, 0.25) is 5.75 Å². The average molecular weight is 550 g/mol. The summed E-state index contributed by atoms with van der Waals surface area (Å²) in [5.74, 6) is -0.952. The number of carbonyl (C=O) groups is 1. The maximum Gasteiger partial charge on any atom is 0.416 e. The number of hydrogen-bond acceptors (Lipinski definition) is 7. The molecule has 1 fully saturated rings. The van der Waals surface area contributed by atoms with Gasteiger partial charge in [-0.25, -0.2) is 4.99 Å². The zero-order valence-corrected chi connectivity index (χ0v) is 20.3. The molecule has 3 aromatic carbocycles. The number of amidine groups is 1. The summed E-state index contributed by atoms with van der Waals surface area (Å²) in [5, 5.41) is 14.4. The Morgan fingerprint density at radius 3 is 2.49 bits per heavy atom. The number of benzene rings is 3. The number of amides is 1. The first-order chi connectivity index (χ1) is 17.5. The summed E-state index contributed by atoms with van der Waals surface area (Å²) in [6, 6.07) is 13.8. The van der Waals surface area contributed by atoms with Gasteiger partial charge in [0.25, 0.3) is 5.91 Å². The van der Waals surface area contributed by atoms with E-state index in [2.05, 4.69) is 10.3 Å². The van der Waals surface area contributed by atoms with Gasteiger partial charge >= 0.3 is 11.9 Å². The Bertz CT molecular complexity index is 1450. The van der Waals surface area contributed by atoms with Gasteiger partial charge in [-0.15, -0.1) is 0 Å². The van der Waals surface area contributed by atoms with Crippen LogP contribution in [0.15, 0.2) is 70.6 Å². The Balaban J connectivity index is 1.64. The van der Waals surface area contributed by atoms with Crippen LogP contribution in [-0.4, -0.2) is 23.1 Å². The molecule has 4 rings (SSSR count). The fourth-order valence-corrected chi connectivity index (χ4v) is 4.31. The number of methoxy groups -OCH3 is 1. The number of alkyl halides is 3.